The Morgan fingerprint density at radius 2 is 1.90 bits per heavy atom. The molecule has 2 N–H and O–H groups in total. The van der Waals surface area contributed by atoms with Crippen LogP contribution in [0.5, 0.6) is 0 Å². The molecule has 5 rings (SSSR count). The van der Waals surface area contributed by atoms with Gasteiger partial charge >= 0.3 is 0 Å². The highest BCUT2D eigenvalue weighted by Crippen LogP contribution is 2.28. The lowest BCUT2D eigenvalue weighted by Crippen LogP contribution is -2.29. The van der Waals surface area contributed by atoms with E-state index in [0.717, 1.165) is 30.6 Å². The summed E-state index contributed by atoms with van der Waals surface area (Å²) in [4.78, 5) is 17.9. The number of hydrogen-bond donors (Lipinski definition) is 2. The van der Waals surface area contributed by atoms with Crippen molar-refractivity contribution in [3.63, 3.8) is 0 Å². The molecule has 0 atom stereocenters. The zero-order valence-electron chi connectivity index (χ0n) is 15.9. The number of benzene rings is 2. The van der Waals surface area contributed by atoms with Gasteiger partial charge in [-0.1, -0.05) is 36.4 Å². The molecule has 3 heterocycles. The molecule has 2 aromatic heterocycles. The van der Waals surface area contributed by atoms with E-state index in [-0.39, 0.29) is 5.91 Å². The van der Waals surface area contributed by atoms with E-state index in [4.69, 9.17) is 0 Å². The van der Waals surface area contributed by atoms with Crippen molar-refractivity contribution in [1.29, 1.82) is 0 Å². The third-order valence-corrected chi connectivity index (χ3v) is 5.39. The van der Waals surface area contributed by atoms with Gasteiger partial charge in [-0.05, 0) is 48.2 Å². The number of amides is 1. The lowest BCUT2D eigenvalue weighted by Gasteiger charge is -2.16. The van der Waals surface area contributed by atoms with Crippen molar-refractivity contribution in [3.8, 4) is 0 Å². The van der Waals surface area contributed by atoms with E-state index in [1.807, 2.05) is 42.6 Å². The Hall–Kier alpha value is -3.67. The minimum Gasteiger partial charge on any atom is -0.368 e. The van der Waals surface area contributed by atoms with E-state index in [0.29, 0.717) is 18.1 Å². The number of aromatic nitrogens is 3. The second-order valence-electron chi connectivity index (χ2n) is 7.18. The fourth-order valence-corrected chi connectivity index (χ4v) is 3.89. The first-order valence-electron chi connectivity index (χ1n) is 9.82. The molecule has 6 nitrogen and oxygen atoms in total. The third kappa shape index (κ3) is 3.33. The van der Waals surface area contributed by atoms with Crippen LogP contribution in [0.25, 0.3) is 10.9 Å². The largest absolute Gasteiger partial charge is 0.368 e. The number of rotatable bonds is 5. The SMILES string of the molecule is O=C(c1ccc(NCCc2c[nH]c3ccccc23)nn1)N1CCc2ccccc21. The first-order chi connectivity index (χ1) is 14.3. The minimum atomic E-state index is -0.104. The van der Waals surface area contributed by atoms with Crippen LogP contribution in [0.15, 0.2) is 66.9 Å². The molecule has 0 saturated carbocycles. The van der Waals surface area contributed by atoms with E-state index in [1.54, 1.807) is 11.0 Å². The number of H-pyrrole nitrogens is 1. The van der Waals surface area contributed by atoms with Crippen LogP contribution in [0.2, 0.25) is 0 Å². The molecule has 0 bridgehead atoms. The molecule has 0 fully saturated rings. The van der Waals surface area contributed by atoms with Crippen LogP contribution in [-0.4, -0.2) is 34.2 Å². The van der Waals surface area contributed by atoms with Gasteiger partial charge in [0, 0.05) is 35.9 Å². The van der Waals surface area contributed by atoms with Gasteiger partial charge in [-0.2, -0.15) is 0 Å². The predicted octanol–water partition coefficient (Wildman–Crippen LogP) is 3.82. The number of carbonyl (C=O) groups is 1. The Bertz CT molecular complexity index is 1170. The molecule has 1 amide bonds. The Kier molecular flexibility index (Phi) is 4.44. The normalized spacial score (nSPS) is 12.9. The molecular weight excluding hydrogens is 362 g/mol. The summed E-state index contributed by atoms with van der Waals surface area (Å²) in [6.45, 7) is 1.42. The van der Waals surface area contributed by atoms with Gasteiger partial charge in [-0.3, -0.25) is 4.79 Å². The van der Waals surface area contributed by atoms with E-state index in [1.165, 1.54) is 16.5 Å². The van der Waals surface area contributed by atoms with E-state index in [2.05, 4.69) is 38.7 Å². The van der Waals surface area contributed by atoms with E-state index < -0.39 is 0 Å². The molecule has 0 spiro atoms. The highest BCUT2D eigenvalue weighted by molar-refractivity contribution is 6.06. The van der Waals surface area contributed by atoms with Gasteiger partial charge in [-0.25, -0.2) is 0 Å². The quantitative estimate of drug-likeness (QED) is 0.550. The Balaban J connectivity index is 1.22. The van der Waals surface area contributed by atoms with Crippen LogP contribution in [0, 0.1) is 0 Å². The zero-order valence-corrected chi connectivity index (χ0v) is 15.9. The van der Waals surface area contributed by atoms with Gasteiger partial charge in [0.05, 0.1) is 0 Å². The predicted molar refractivity (Wildman–Crippen MR) is 114 cm³/mol. The van der Waals surface area contributed by atoms with Crippen molar-refractivity contribution in [3.05, 3.63) is 83.7 Å². The van der Waals surface area contributed by atoms with Gasteiger partial charge in [0.15, 0.2) is 5.69 Å². The number of anilines is 2. The number of nitrogens with zero attached hydrogens (tertiary/aromatic N) is 3. The first-order valence-corrected chi connectivity index (χ1v) is 9.82. The monoisotopic (exact) mass is 383 g/mol. The van der Waals surface area contributed by atoms with Gasteiger partial charge < -0.3 is 15.2 Å². The Morgan fingerprint density at radius 3 is 2.79 bits per heavy atom. The number of fused-ring (bicyclic) bond motifs is 2. The topological polar surface area (TPSA) is 73.9 Å². The summed E-state index contributed by atoms with van der Waals surface area (Å²) in [6, 6.07) is 19.8. The summed E-state index contributed by atoms with van der Waals surface area (Å²) in [7, 11) is 0. The summed E-state index contributed by atoms with van der Waals surface area (Å²) < 4.78 is 0. The van der Waals surface area contributed by atoms with E-state index >= 15 is 0 Å². The van der Waals surface area contributed by atoms with Crippen LogP contribution in [0.1, 0.15) is 21.6 Å². The summed E-state index contributed by atoms with van der Waals surface area (Å²) in [5.74, 6) is 0.566. The van der Waals surface area contributed by atoms with Crippen molar-refractivity contribution in [2.75, 3.05) is 23.3 Å². The number of carbonyl (C=O) groups excluding carboxylic acids is 1. The number of nitrogens with one attached hydrogen (secondary N) is 2. The summed E-state index contributed by atoms with van der Waals surface area (Å²) in [6.07, 6.45) is 3.80. The highest BCUT2D eigenvalue weighted by atomic mass is 16.2. The molecule has 2 aromatic carbocycles. The first kappa shape index (κ1) is 17.4. The average molecular weight is 383 g/mol. The zero-order chi connectivity index (χ0) is 19.6. The van der Waals surface area contributed by atoms with Gasteiger partial charge in [-0.15, -0.1) is 10.2 Å². The van der Waals surface area contributed by atoms with Gasteiger partial charge in [0.2, 0.25) is 0 Å². The highest BCUT2D eigenvalue weighted by Gasteiger charge is 2.26. The fraction of sp³-hybridized carbons (Fsp3) is 0.174. The Morgan fingerprint density at radius 1 is 1.03 bits per heavy atom. The Labute approximate surface area is 168 Å². The van der Waals surface area contributed by atoms with Crippen LogP contribution in [-0.2, 0) is 12.8 Å². The summed E-state index contributed by atoms with van der Waals surface area (Å²) >= 11 is 0. The van der Waals surface area contributed by atoms with Crippen molar-refractivity contribution in [1.82, 2.24) is 15.2 Å². The van der Waals surface area contributed by atoms with E-state index in [9.17, 15) is 4.79 Å². The molecule has 0 saturated heterocycles. The number of aromatic amines is 1. The second kappa shape index (κ2) is 7.39. The molecule has 0 unspecified atom stereocenters. The van der Waals surface area contributed by atoms with Crippen molar-refractivity contribution in [2.45, 2.75) is 12.8 Å². The third-order valence-electron chi connectivity index (χ3n) is 5.39. The lowest BCUT2D eigenvalue weighted by molar-refractivity contribution is 0.0983. The fourth-order valence-electron chi connectivity index (χ4n) is 3.89. The van der Waals surface area contributed by atoms with Crippen molar-refractivity contribution < 1.29 is 4.79 Å². The molecule has 0 radical (unpaired) electrons. The van der Waals surface area contributed by atoms with Crippen LogP contribution >= 0.6 is 0 Å². The molecule has 1 aliphatic heterocycles. The molecule has 1 aliphatic rings. The van der Waals surface area contributed by atoms with Crippen LogP contribution in [0.3, 0.4) is 0 Å². The maximum absolute atomic E-state index is 12.8. The van der Waals surface area contributed by atoms with Gasteiger partial charge in [0.25, 0.3) is 5.91 Å². The molecule has 0 aliphatic carbocycles. The van der Waals surface area contributed by atoms with Crippen molar-refractivity contribution >= 4 is 28.3 Å². The summed E-state index contributed by atoms with van der Waals surface area (Å²) in [5, 5.41) is 12.9. The standard InChI is InChI=1S/C23H21N5O/c29-23(28-14-12-16-5-1-4-8-21(16)28)20-9-10-22(27-26-20)24-13-11-17-15-25-19-7-3-2-6-18(17)19/h1-10,15,25H,11-14H2,(H,24,27). The van der Waals surface area contributed by atoms with Crippen LogP contribution < -0.4 is 10.2 Å². The smallest absolute Gasteiger partial charge is 0.278 e. The van der Waals surface area contributed by atoms with Gasteiger partial charge in [0.1, 0.15) is 5.82 Å². The maximum Gasteiger partial charge on any atom is 0.278 e. The molecular formula is C23H21N5O. The molecule has 29 heavy (non-hydrogen) atoms. The average Bonchev–Trinajstić information content (AvgIpc) is 3.38. The second-order valence-corrected chi connectivity index (χ2v) is 7.18. The molecule has 6 heteroatoms. The lowest BCUT2D eigenvalue weighted by atomic mass is 10.1. The van der Waals surface area contributed by atoms with Crippen molar-refractivity contribution in [2.24, 2.45) is 0 Å². The maximum atomic E-state index is 12.8. The van der Waals surface area contributed by atoms with Crippen LogP contribution in [0.4, 0.5) is 11.5 Å². The summed E-state index contributed by atoms with van der Waals surface area (Å²) in [5.41, 5.74) is 4.95. The molecule has 144 valence electrons. The molecule has 4 aromatic rings. The number of para-hydroxylation sites is 2. The minimum absolute atomic E-state index is 0.104. The number of hydrogen-bond acceptors (Lipinski definition) is 4.